The number of unbranched alkanes of at least 4 members (excludes halogenated alkanes) is 9. The Bertz CT molecular complexity index is 1140. The molecule has 2 unspecified atom stereocenters. The molecule has 0 rings (SSSR count). The zero-order valence-electron chi connectivity index (χ0n) is 33.0. The molecule has 0 bridgehead atoms. The van der Waals surface area contributed by atoms with Crippen LogP contribution in [-0.2, 0) is 32.7 Å². The minimum absolute atomic E-state index is 0.0365. The highest BCUT2D eigenvalue weighted by Gasteiger charge is 2.25. The lowest BCUT2D eigenvalue weighted by atomic mass is 10.1. The van der Waals surface area contributed by atoms with Gasteiger partial charge in [-0.1, -0.05) is 137 Å². The fourth-order valence-corrected chi connectivity index (χ4v) is 5.59. The molecule has 0 heterocycles. The smallest absolute Gasteiger partial charge is 0.462 e. The van der Waals surface area contributed by atoms with Crippen molar-refractivity contribution in [3.63, 3.8) is 0 Å². The lowest BCUT2D eigenvalue weighted by Crippen LogP contribution is -2.29. The van der Waals surface area contributed by atoms with Gasteiger partial charge in [0.25, 0.3) is 0 Å². The maximum Gasteiger partial charge on any atom is 0.472 e. The van der Waals surface area contributed by atoms with Crippen molar-refractivity contribution in [2.75, 3.05) is 26.4 Å². The zero-order valence-corrected chi connectivity index (χ0v) is 33.9. The average molecular weight is 762 g/mol. The number of esters is 2. The third-order valence-electron chi connectivity index (χ3n) is 7.78. The second-order valence-electron chi connectivity index (χ2n) is 12.8. The quantitative estimate of drug-likeness (QED) is 0.0277. The lowest BCUT2D eigenvalue weighted by molar-refractivity contribution is -0.161. The molecule has 0 saturated carbocycles. The molecule has 0 aliphatic heterocycles. The van der Waals surface area contributed by atoms with E-state index >= 15 is 0 Å². The Balaban J connectivity index is 4.37. The molecule has 9 nitrogen and oxygen atoms in total. The monoisotopic (exact) mass is 761 g/mol. The molecule has 0 amide bonds. The molecule has 0 aliphatic carbocycles. The van der Waals surface area contributed by atoms with Crippen LogP contribution in [0.25, 0.3) is 0 Å². The number of carbonyl (C=O) groups excluding carboxylic acids is 2. The summed E-state index contributed by atoms with van der Waals surface area (Å²) < 4.78 is 32.6. The lowest BCUT2D eigenvalue weighted by Gasteiger charge is -2.19. The Morgan fingerprint density at radius 3 is 1.62 bits per heavy atom. The summed E-state index contributed by atoms with van der Waals surface area (Å²) in [5.74, 6) is -0.947. The van der Waals surface area contributed by atoms with Gasteiger partial charge < -0.3 is 20.1 Å². The number of nitrogens with two attached hydrogens (primary N) is 1. The van der Waals surface area contributed by atoms with Crippen molar-refractivity contribution in [1.82, 2.24) is 0 Å². The number of carbonyl (C=O) groups is 2. The molecule has 10 heteroatoms. The SMILES string of the molecule is CCC=CCC=CCC=CCC=CCC=CCC=CCCC(=O)OC(COC(=O)CCCCCCCC=CCCCCCC)COP(=O)(O)OCCN. The van der Waals surface area contributed by atoms with Crippen LogP contribution < -0.4 is 5.73 Å². The summed E-state index contributed by atoms with van der Waals surface area (Å²) in [6.45, 7) is 3.47. The first-order valence-corrected chi connectivity index (χ1v) is 21.6. The van der Waals surface area contributed by atoms with E-state index < -0.39 is 32.5 Å². The van der Waals surface area contributed by atoms with E-state index in [1.54, 1.807) is 0 Å². The number of ether oxygens (including phenoxy) is 2. The zero-order chi connectivity index (χ0) is 38.9. The Morgan fingerprint density at radius 2 is 1.08 bits per heavy atom. The Morgan fingerprint density at radius 1 is 0.585 bits per heavy atom. The molecular formula is C43H72NO8P. The standard InChI is InChI=1S/C43H72NO8P/c1-3-5-7-9-11-13-15-17-18-19-20-21-22-24-26-28-30-32-34-36-43(46)52-41(40-51-53(47,48)50-38-37-44)39-49-42(45)35-33-31-29-27-25-23-16-14-12-10-8-6-4-2/h5,7,11,13-14,16-18,20-21,24,26,30,32,41H,3-4,6,8-10,12,15,19,22-23,25,27-29,31,33-40,44H2,1-2H3,(H,47,48). The van der Waals surface area contributed by atoms with Crippen molar-refractivity contribution in [2.45, 2.75) is 148 Å². The predicted octanol–water partition coefficient (Wildman–Crippen LogP) is 11.3. The summed E-state index contributed by atoms with van der Waals surface area (Å²) in [6, 6.07) is 0. The average Bonchev–Trinajstić information content (AvgIpc) is 3.14. The van der Waals surface area contributed by atoms with Crippen molar-refractivity contribution in [2.24, 2.45) is 5.73 Å². The van der Waals surface area contributed by atoms with Crippen LogP contribution in [0.2, 0.25) is 0 Å². The summed E-state index contributed by atoms with van der Waals surface area (Å²) >= 11 is 0. The van der Waals surface area contributed by atoms with Crippen LogP contribution in [0.3, 0.4) is 0 Å². The maximum atomic E-state index is 12.5. The highest BCUT2D eigenvalue weighted by atomic mass is 31.2. The highest BCUT2D eigenvalue weighted by molar-refractivity contribution is 7.47. The largest absolute Gasteiger partial charge is 0.472 e. The fraction of sp³-hybridized carbons (Fsp3) is 0.628. The summed E-state index contributed by atoms with van der Waals surface area (Å²) in [6.07, 6.45) is 47.7. The van der Waals surface area contributed by atoms with E-state index in [0.717, 1.165) is 70.6 Å². The molecule has 0 spiro atoms. The van der Waals surface area contributed by atoms with Gasteiger partial charge in [-0.2, -0.15) is 0 Å². The second kappa shape index (κ2) is 38.9. The third kappa shape index (κ3) is 38.7. The van der Waals surface area contributed by atoms with Gasteiger partial charge in [-0.25, -0.2) is 4.57 Å². The van der Waals surface area contributed by atoms with Crippen molar-refractivity contribution in [3.8, 4) is 0 Å². The molecule has 0 aromatic carbocycles. The molecule has 0 radical (unpaired) electrons. The molecular weight excluding hydrogens is 689 g/mol. The van der Waals surface area contributed by atoms with Gasteiger partial charge >= 0.3 is 19.8 Å². The molecule has 0 aromatic rings. The number of phosphoric ester groups is 1. The second-order valence-corrected chi connectivity index (χ2v) is 14.2. The van der Waals surface area contributed by atoms with Gasteiger partial charge in [0.15, 0.2) is 6.10 Å². The molecule has 0 aliphatic rings. The van der Waals surface area contributed by atoms with Crippen molar-refractivity contribution < 1.29 is 37.6 Å². The number of hydrogen-bond acceptors (Lipinski definition) is 8. The number of hydrogen-bond donors (Lipinski definition) is 2. The van der Waals surface area contributed by atoms with Crippen molar-refractivity contribution in [3.05, 3.63) is 85.1 Å². The van der Waals surface area contributed by atoms with E-state index in [9.17, 15) is 19.0 Å². The van der Waals surface area contributed by atoms with Crippen LogP contribution in [0.1, 0.15) is 142 Å². The van der Waals surface area contributed by atoms with Crippen LogP contribution in [0.5, 0.6) is 0 Å². The van der Waals surface area contributed by atoms with Gasteiger partial charge in [0.2, 0.25) is 0 Å². The van der Waals surface area contributed by atoms with E-state index in [0.29, 0.717) is 12.8 Å². The van der Waals surface area contributed by atoms with Crippen LogP contribution in [0, 0.1) is 0 Å². The molecule has 302 valence electrons. The molecule has 3 N–H and O–H groups in total. The first-order chi connectivity index (χ1) is 25.8. The minimum atomic E-state index is -4.40. The topological polar surface area (TPSA) is 134 Å². The molecule has 0 aromatic heterocycles. The number of rotatable bonds is 36. The van der Waals surface area contributed by atoms with E-state index in [4.69, 9.17) is 24.3 Å². The van der Waals surface area contributed by atoms with E-state index in [1.165, 1.54) is 32.1 Å². The Kier molecular flexibility index (Phi) is 36.8. The summed E-state index contributed by atoms with van der Waals surface area (Å²) in [7, 11) is -4.40. The molecule has 2 atom stereocenters. The Hall–Kier alpha value is -2.81. The number of phosphoric acid groups is 1. The van der Waals surface area contributed by atoms with Crippen molar-refractivity contribution in [1.29, 1.82) is 0 Å². The normalized spacial score (nSPS) is 14.3. The molecule has 0 saturated heterocycles. The first kappa shape index (κ1) is 50.2. The van der Waals surface area contributed by atoms with Gasteiger partial charge in [-0.15, -0.1) is 0 Å². The van der Waals surface area contributed by atoms with Crippen LogP contribution >= 0.6 is 7.82 Å². The van der Waals surface area contributed by atoms with Crippen LogP contribution in [0.4, 0.5) is 0 Å². The van der Waals surface area contributed by atoms with Gasteiger partial charge in [0.05, 0.1) is 13.2 Å². The van der Waals surface area contributed by atoms with Crippen molar-refractivity contribution >= 4 is 19.8 Å². The molecule has 0 fully saturated rings. The van der Waals surface area contributed by atoms with Crippen LogP contribution in [-0.4, -0.2) is 49.3 Å². The first-order valence-electron chi connectivity index (χ1n) is 20.1. The van der Waals surface area contributed by atoms with Gasteiger partial charge in [-0.05, 0) is 77.0 Å². The van der Waals surface area contributed by atoms with Gasteiger partial charge in [0, 0.05) is 19.4 Å². The highest BCUT2D eigenvalue weighted by Crippen LogP contribution is 2.43. The van der Waals surface area contributed by atoms with E-state index in [2.05, 4.69) is 86.8 Å². The molecule has 53 heavy (non-hydrogen) atoms. The predicted molar refractivity (Wildman–Crippen MR) is 219 cm³/mol. The minimum Gasteiger partial charge on any atom is -0.462 e. The Labute approximate surface area is 322 Å². The summed E-state index contributed by atoms with van der Waals surface area (Å²) in [5, 5.41) is 0. The van der Waals surface area contributed by atoms with E-state index in [-0.39, 0.29) is 32.6 Å². The summed E-state index contributed by atoms with van der Waals surface area (Å²) in [5.41, 5.74) is 5.33. The third-order valence-corrected chi connectivity index (χ3v) is 8.76. The van der Waals surface area contributed by atoms with Gasteiger partial charge in [0.1, 0.15) is 6.61 Å². The number of allylic oxidation sites excluding steroid dienone is 14. The summed E-state index contributed by atoms with van der Waals surface area (Å²) in [4.78, 5) is 34.7. The van der Waals surface area contributed by atoms with E-state index in [1.807, 2.05) is 12.2 Å². The maximum absolute atomic E-state index is 12.5. The fourth-order valence-electron chi connectivity index (χ4n) is 4.83. The van der Waals surface area contributed by atoms with Crippen LogP contribution in [0.15, 0.2) is 85.1 Å². The van der Waals surface area contributed by atoms with Gasteiger partial charge in [-0.3, -0.25) is 18.6 Å².